The summed E-state index contributed by atoms with van der Waals surface area (Å²) in [5.41, 5.74) is 1.75. The minimum absolute atomic E-state index is 0.0748. The molecule has 0 bridgehead atoms. The minimum atomic E-state index is -3.69. The molecule has 112 valence electrons. The Morgan fingerprint density at radius 3 is 2.43 bits per heavy atom. The minimum Gasteiger partial charge on any atom is -0.392 e. The number of rotatable bonds is 5. The second-order valence-corrected chi connectivity index (χ2v) is 6.38. The number of sulfonamides is 1. The van der Waals surface area contributed by atoms with Crippen molar-refractivity contribution in [1.82, 2.24) is 4.72 Å². The topological polar surface area (TPSA) is 66.4 Å². The number of nitrogens with one attached hydrogen (secondary N) is 1. The molecule has 4 nitrogen and oxygen atoms in total. The molecule has 0 aromatic heterocycles. The van der Waals surface area contributed by atoms with Crippen LogP contribution in [0.5, 0.6) is 0 Å². The van der Waals surface area contributed by atoms with Crippen LogP contribution in [0.2, 0.25) is 0 Å². The number of benzene rings is 2. The molecule has 0 radical (unpaired) electrons. The van der Waals surface area contributed by atoms with Crippen molar-refractivity contribution in [2.75, 3.05) is 0 Å². The summed E-state index contributed by atoms with van der Waals surface area (Å²) in [6.45, 7) is 1.51. The highest BCUT2D eigenvalue weighted by Crippen LogP contribution is 2.19. The van der Waals surface area contributed by atoms with Gasteiger partial charge in [0.15, 0.2) is 0 Å². The largest absolute Gasteiger partial charge is 0.392 e. The van der Waals surface area contributed by atoms with Crippen molar-refractivity contribution in [3.8, 4) is 0 Å². The predicted octanol–water partition coefficient (Wildman–Crippen LogP) is 2.10. The van der Waals surface area contributed by atoms with Gasteiger partial charge >= 0.3 is 0 Å². The lowest BCUT2D eigenvalue weighted by molar-refractivity contribution is 0.280. The maximum absolute atomic E-state index is 12.8. The van der Waals surface area contributed by atoms with Gasteiger partial charge in [0.1, 0.15) is 5.82 Å². The van der Waals surface area contributed by atoms with Crippen LogP contribution in [-0.2, 0) is 23.2 Å². The maximum atomic E-state index is 12.8. The monoisotopic (exact) mass is 309 g/mol. The first-order valence-electron chi connectivity index (χ1n) is 6.37. The summed E-state index contributed by atoms with van der Waals surface area (Å²) in [4.78, 5) is 0.135. The second-order valence-electron chi connectivity index (χ2n) is 4.65. The van der Waals surface area contributed by atoms with E-state index in [1.165, 1.54) is 30.3 Å². The summed E-state index contributed by atoms with van der Waals surface area (Å²) in [5, 5.41) is 9.19. The summed E-state index contributed by atoms with van der Waals surface area (Å²) in [6.07, 6.45) is 0. The molecule has 21 heavy (non-hydrogen) atoms. The molecular formula is C15H16FNO3S. The molecule has 0 saturated heterocycles. The maximum Gasteiger partial charge on any atom is 0.241 e. The standard InChI is InChI=1S/C15H16FNO3S/c1-11-13(10-18)3-2-4-15(11)21(19,20)17-9-12-5-7-14(16)8-6-12/h2-8,17-18H,9-10H2,1H3. The third-order valence-corrected chi connectivity index (χ3v) is 4.78. The van der Waals surface area contributed by atoms with Crippen molar-refractivity contribution in [2.24, 2.45) is 0 Å². The van der Waals surface area contributed by atoms with E-state index in [0.717, 1.165) is 0 Å². The van der Waals surface area contributed by atoms with Crippen LogP contribution in [-0.4, -0.2) is 13.5 Å². The normalized spacial score (nSPS) is 11.6. The van der Waals surface area contributed by atoms with E-state index in [0.29, 0.717) is 16.7 Å². The Bertz CT molecular complexity index is 727. The zero-order valence-corrected chi connectivity index (χ0v) is 12.3. The number of halogens is 1. The van der Waals surface area contributed by atoms with Crippen LogP contribution in [0, 0.1) is 12.7 Å². The van der Waals surface area contributed by atoms with Crippen LogP contribution < -0.4 is 4.72 Å². The first kappa shape index (κ1) is 15.6. The second kappa shape index (κ2) is 6.34. The van der Waals surface area contributed by atoms with Crippen LogP contribution >= 0.6 is 0 Å². The van der Waals surface area contributed by atoms with E-state index in [-0.39, 0.29) is 23.9 Å². The van der Waals surface area contributed by atoms with Gasteiger partial charge in [0.2, 0.25) is 10.0 Å². The Kier molecular flexibility index (Phi) is 4.72. The van der Waals surface area contributed by atoms with Gasteiger partial charge in [-0.3, -0.25) is 0 Å². The lowest BCUT2D eigenvalue weighted by atomic mass is 10.1. The van der Waals surface area contributed by atoms with Gasteiger partial charge < -0.3 is 5.11 Å². The molecule has 6 heteroatoms. The number of aliphatic hydroxyl groups excluding tert-OH is 1. The van der Waals surface area contributed by atoms with Crippen LogP contribution in [0.15, 0.2) is 47.4 Å². The van der Waals surface area contributed by atoms with Crippen LogP contribution in [0.4, 0.5) is 4.39 Å². The molecule has 0 fully saturated rings. The van der Waals surface area contributed by atoms with Gasteiger partial charge in [-0.05, 0) is 41.8 Å². The van der Waals surface area contributed by atoms with Gasteiger partial charge in [-0.25, -0.2) is 17.5 Å². The summed E-state index contributed by atoms with van der Waals surface area (Å²) >= 11 is 0. The fourth-order valence-corrected chi connectivity index (χ4v) is 3.28. The van der Waals surface area contributed by atoms with Crippen LogP contribution in [0.3, 0.4) is 0 Å². The molecule has 0 aliphatic carbocycles. The average Bonchev–Trinajstić information content (AvgIpc) is 2.47. The van der Waals surface area contributed by atoms with Crippen LogP contribution in [0.1, 0.15) is 16.7 Å². The highest BCUT2D eigenvalue weighted by Gasteiger charge is 2.17. The van der Waals surface area contributed by atoms with Crippen molar-refractivity contribution in [3.63, 3.8) is 0 Å². The molecule has 2 aromatic carbocycles. The van der Waals surface area contributed by atoms with E-state index in [9.17, 15) is 17.9 Å². The SMILES string of the molecule is Cc1c(CO)cccc1S(=O)(=O)NCc1ccc(F)cc1. The number of hydrogen-bond acceptors (Lipinski definition) is 3. The summed E-state index contributed by atoms with van der Waals surface area (Å²) < 4.78 is 39.9. The molecule has 0 saturated carbocycles. The quantitative estimate of drug-likeness (QED) is 0.889. The molecule has 2 N–H and O–H groups in total. The van der Waals surface area contributed by atoms with Gasteiger partial charge in [-0.2, -0.15) is 0 Å². The van der Waals surface area contributed by atoms with Gasteiger partial charge in [0.25, 0.3) is 0 Å². The van der Waals surface area contributed by atoms with Gasteiger partial charge in [0, 0.05) is 6.54 Å². The third kappa shape index (κ3) is 3.66. The summed E-state index contributed by atoms with van der Waals surface area (Å²) in [5.74, 6) is -0.368. The van der Waals surface area contributed by atoms with E-state index in [2.05, 4.69) is 4.72 Å². The number of hydrogen-bond donors (Lipinski definition) is 2. The van der Waals surface area contributed by atoms with Crippen molar-refractivity contribution in [2.45, 2.75) is 25.0 Å². The lowest BCUT2D eigenvalue weighted by Crippen LogP contribution is -2.24. The van der Waals surface area contributed by atoms with E-state index in [4.69, 9.17) is 0 Å². The Hall–Kier alpha value is -1.76. The zero-order valence-electron chi connectivity index (χ0n) is 11.5. The molecule has 0 spiro atoms. The van der Waals surface area contributed by atoms with E-state index in [1.807, 2.05) is 0 Å². The Morgan fingerprint density at radius 2 is 1.81 bits per heavy atom. The van der Waals surface area contributed by atoms with E-state index >= 15 is 0 Å². The molecule has 0 unspecified atom stereocenters. The third-order valence-electron chi connectivity index (χ3n) is 3.24. The highest BCUT2D eigenvalue weighted by atomic mass is 32.2. The number of aliphatic hydroxyl groups is 1. The molecule has 0 aliphatic heterocycles. The molecule has 0 atom stereocenters. The fraction of sp³-hybridized carbons (Fsp3) is 0.200. The Balaban J connectivity index is 2.21. The van der Waals surface area contributed by atoms with E-state index in [1.54, 1.807) is 19.1 Å². The van der Waals surface area contributed by atoms with Gasteiger partial charge in [-0.15, -0.1) is 0 Å². The molecular weight excluding hydrogens is 293 g/mol. The molecule has 0 aliphatic rings. The zero-order chi connectivity index (χ0) is 15.5. The van der Waals surface area contributed by atoms with Gasteiger partial charge in [-0.1, -0.05) is 24.3 Å². The first-order valence-corrected chi connectivity index (χ1v) is 7.86. The fourth-order valence-electron chi connectivity index (χ4n) is 1.98. The van der Waals surface area contributed by atoms with Crippen molar-refractivity contribution in [3.05, 3.63) is 65.0 Å². The summed E-state index contributed by atoms with van der Waals surface area (Å²) in [7, 11) is -3.69. The lowest BCUT2D eigenvalue weighted by Gasteiger charge is -2.11. The van der Waals surface area contributed by atoms with Crippen molar-refractivity contribution in [1.29, 1.82) is 0 Å². The van der Waals surface area contributed by atoms with Crippen molar-refractivity contribution < 1.29 is 17.9 Å². The predicted molar refractivity (Wildman–Crippen MR) is 77.5 cm³/mol. The van der Waals surface area contributed by atoms with E-state index < -0.39 is 10.0 Å². The smallest absolute Gasteiger partial charge is 0.241 e. The Labute approximate surface area is 123 Å². The molecule has 0 heterocycles. The first-order chi connectivity index (χ1) is 9.94. The average molecular weight is 309 g/mol. The summed E-state index contributed by atoms with van der Waals surface area (Å²) in [6, 6.07) is 10.4. The van der Waals surface area contributed by atoms with Crippen molar-refractivity contribution >= 4 is 10.0 Å². The Morgan fingerprint density at radius 1 is 1.14 bits per heavy atom. The molecule has 0 amide bonds. The molecule has 2 aromatic rings. The van der Waals surface area contributed by atoms with Gasteiger partial charge in [0.05, 0.1) is 11.5 Å². The highest BCUT2D eigenvalue weighted by molar-refractivity contribution is 7.89. The van der Waals surface area contributed by atoms with Crippen LogP contribution in [0.25, 0.3) is 0 Å². The molecule has 2 rings (SSSR count).